The Balaban J connectivity index is 2.56. The van der Waals surface area contributed by atoms with Gasteiger partial charge in [0.15, 0.2) is 0 Å². The van der Waals surface area contributed by atoms with Crippen LogP contribution in [0.25, 0.3) is 0 Å². The van der Waals surface area contributed by atoms with Crippen LogP contribution in [0.15, 0.2) is 16.8 Å². The predicted molar refractivity (Wildman–Crippen MR) is 55.3 cm³/mol. The Morgan fingerprint density at radius 1 is 1.50 bits per heavy atom. The topological polar surface area (TPSA) is 26.0 Å². The van der Waals surface area contributed by atoms with E-state index in [-0.39, 0.29) is 6.04 Å². The maximum atomic E-state index is 6.03. The van der Waals surface area contributed by atoms with Crippen LogP contribution >= 0.6 is 11.3 Å². The van der Waals surface area contributed by atoms with Crippen molar-refractivity contribution in [2.75, 3.05) is 0 Å². The van der Waals surface area contributed by atoms with Gasteiger partial charge < -0.3 is 5.73 Å². The van der Waals surface area contributed by atoms with Gasteiger partial charge in [0.1, 0.15) is 0 Å². The first-order valence-electron chi connectivity index (χ1n) is 4.27. The van der Waals surface area contributed by atoms with Crippen LogP contribution < -0.4 is 5.73 Å². The molecule has 0 radical (unpaired) electrons. The van der Waals surface area contributed by atoms with E-state index >= 15 is 0 Å². The van der Waals surface area contributed by atoms with Crippen LogP contribution in [-0.2, 0) is 0 Å². The second kappa shape index (κ2) is 3.58. The van der Waals surface area contributed by atoms with E-state index < -0.39 is 0 Å². The highest BCUT2D eigenvalue weighted by molar-refractivity contribution is 7.07. The van der Waals surface area contributed by atoms with E-state index in [1.54, 1.807) is 11.3 Å². The molecule has 68 valence electrons. The van der Waals surface area contributed by atoms with Gasteiger partial charge in [0.25, 0.3) is 0 Å². The highest BCUT2D eigenvalue weighted by atomic mass is 32.1. The molecule has 12 heavy (non-hydrogen) atoms. The average molecular weight is 183 g/mol. The first-order chi connectivity index (χ1) is 5.49. The first-order valence-corrected chi connectivity index (χ1v) is 5.21. The van der Waals surface area contributed by atoms with Gasteiger partial charge in [-0.1, -0.05) is 20.8 Å². The summed E-state index contributed by atoms with van der Waals surface area (Å²) in [7, 11) is 0. The molecule has 1 aromatic heterocycles. The van der Waals surface area contributed by atoms with E-state index in [9.17, 15) is 0 Å². The summed E-state index contributed by atoms with van der Waals surface area (Å²) in [5.41, 5.74) is 7.63. The van der Waals surface area contributed by atoms with Crippen LogP contribution in [0.3, 0.4) is 0 Å². The first kappa shape index (κ1) is 9.75. The van der Waals surface area contributed by atoms with Gasteiger partial charge in [-0.3, -0.25) is 0 Å². The predicted octanol–water partition coefficient (Wildman–Crippen LogP) is 3.18. The van der Waals surface area contributed by atoms with Gasteiger partial charge in [-0.05, 0) is 34.2 Å². The largest absolute Gasteiger partial charge is 0.324 e. The van der Waals surface area contributed by atoms with E-state index in [4.69, 9.17) is 5.73 Å². The number of thiophene rings is 1. The zero-order valence-corrected chi connectivity index (χ0v) is 8.82. The van der Waals surface area contributed by atoms with Crippen molar-refractivity contribution in [3.63, 3.8) is 0 Å². The number of nitrogens with two attached hydrogens (primary N) is 1. The summed E-state index contributed by atoms with van der Waals surface area (Å²) >= 11 is 1.71. The van der Waals surface area contributed by atoms with E-state index in [1.165, 1.54) is 5.56 Å². The van der Waals surface area contributed by atoms with E-state index in [2.05, 4.69) is 37.6 Å². The molecule has 1 atom stereocenters. The fraction of sp³-hybridized carbons (Fsp3) is 0.600. The normalized spacial score (nSPS) is 14.7. The third-order valence-corrected chi connectivity index (χ3v) is 2.51. The zero-order valence-electron chi connectivity index (χ0n) is 8.00. The molecular weight excluding hydrogens is 166 g/mol. The Morgan fingerprint density at radius 3 is 2.58 bits per heavy atom. The number of rotatable bonds is 2. The molecule has 0 saturated heterocycles. The standard InChI is InChI=1S/C10H17NS/c1-10(2,3)6-9(11)8-4-5-12-7-8/h4-5,7,9H,6,11H2,1-3H3/t9-/m1/s1. The number of hydrogen-bond acceptors (Lipinski definition) is 2. The van der Waals surface area contributed by atoms with E-state index in [1.807, 2.05) is 0 Å². The monoisotopic (exact) mass is 183 g/mol. The van der Waals surface area contributed by atoms with E-state index in [0.29, 0.717) is 5.41 Å². The van der Waals surface area contributed by atoms with Crippen LogP contribution in [0.5, 0.6) is 0 Å². The van der Waals surface area contributed by atoms with Crippen molar-refractivity contribution in [3.05, 3.63) is 22.4 Å². The number of hydrogen-bond donors (Lipinski definition) is 1. The minimum Gasteiger partial charge on any atom is -0.324 e. The summed E-state index contributed by atoms with van der Waals surface area (Å²) in [5.74, 6) is 0. The molecule has 0 unspecified atom stereocenters. The van der Waals surface area contributed by atoms with Crippen molar-refractivity contribution in [1.29, 1.82) is 0 Å². The summed E-state index contributed by atoms with van der Waals surface area (Å²) in [6.07, 6.45) is 1.05. The molecule has 1 aromatic rings. The molecule has 0 aliphatic rings. The summed E-state index contributed by atoms with van der Waals surface area (Å²) in [6, 6.07) is 2.32. The summed E-state index contributed by atoms with van der Waals surface area (Å²) in [4.78, 5) is 0. The van der Waals surface area contributed by atoms with Gasteiger partial charge in [0.05, 0.1) is 0 Å². The Bertz CT molecular complexity index is 220. The lowest BCUT2D eigenvalue weighted by Gasteiger charge is -2.22. The molecule has 2 N–H and O–H groups in total. The molecule has 0 aliphatic heterocycles. The Labute approximate surface area is 78.6 Å². The second-order valence-electron chi connectivity index (χ2n) is 4.43. The van der Waals surface area contributed by atoms with Crippen LogP contribution in [0, 0.1) is 5.41 Å². The molecule has 1 heterocycles. The lowest BCUT2D eigenvalue weighted by molar-refractivity contribution is 0.343. The third kappa shape index (κ3) is 2.95. The Kier molecular flexibility index (Phi) is 2.91. The SMILES string of the molecule is CC(C)(C)C[C@@H](N)c1ccsc1. The van der Waals surface area contributed by atoms with Gasteiger partial charge in [-0.2, -0.15) is 11.3 Å². The molecule has 0 spiro atoms. The maximum Gasteiger partial charge on any atom is 0.0308 e. The lowest BCUT2D eigenvalue weighted by Crippen LogP contribution is -2.18. The van der Waals surface area contributed by atoms with Gasteiger partial charge >= 0.3 is 0 Å². The molecule has 2 heteroatoms. The minimum absolute atomic E-state index is 0.205. The molecular formula is C10H17NS. The van der Waals surface area contributed by atoms with Gasteiger partial charge in [-0.25, -0.2) is 0 Å². The van der Waals surface area contributed by atoms with E-state index in [0.717, 1.165) is 6.42 Å². The van der Waals surface area contributed by atoms with Crippen molar-refractivity contribution < 1.29 is 0 Å². The minimum atomic E-state index is 0.205. The molecule has 0 saturated carbocycles. The van der Waals surface area contributed by atoms with Crippen LogP contribution in [0.1, 0.15) is 38.8 Å². The fourth-order valence-electron chi connectivity index (χ4n) is 1.26. The highest BCUT2D eigenvalue weighted by Crippen LogP contribution is 2.28. The average Bonchev–Trinajstić information content (AvgIpc) is 2.32. The van der Waals surface area contributed by atoms with Gasteiger partial charge in [-0.15, -0.1) is 0 Å². The van der Waals surface area contributed by atoms with Crippen molar-refractivity contribution in [3.8, 4) is 0 Å². The van der Waals surface area contributed by atoms with Crippen molar-refractivity contribution in [2.24, 2.45) is 11.1 Å². The molecule has 0 fully saturated rings. The molecule has 1 rings (SSSR count). The molecule has 0 bridgehead atoms. The van der Waals surface area contributed by atoms with Crippen molar-refractivity contribution in [1.82, 2.24) is 0 Å². The molecule has 1 nitrogen and oxygen atoms in total. The van der Waals surface area contributed by atoms with Gasteiger partial charge in [0.2, 0.25) is 0 Å². The lowest BCUT2D eigenvalue weighted by atomic mass is 9.86. The van der Waals surface area contributed by atoms with Crippen LogP contribution in [0.2, 0.25) is 0 Å². The Hall–Kier alpha value is -0.340. The second-order valence-corrected chi connectivity index (χ2v) is 5.21. The fourth-order valence-corrected chi connectivity index (χ4v) is 1.99. The smallest absolute Gasteiger partial charge is 0.0308 e. The highest BCUT2D eigenvalue weighted by Gasteiger charge is 2.16. The summed E-state index contributed by atoms with van der Waals surface area (Å²) < 4.78 is 0. The van der Waals surface area contributed by atoms with Crippen molar-refractivity contribution in [2.45, 2.75) is 33.2 Å². The third-order valence-electron chi connectivity index (χ3n) is 1.80. The summed E-state index contributed by atoms with van der Waals surface area (Å²) in [5, 5.41) is 4.22. The maximum absolute atomic E-state index is 6.03. The summed E-state index contributed by atoms with van der Waals surface area (Å²) in [6.45, 7) is 6.66. The van der Waals surface area contributed by atoms with Crippen LogP contribution in [0.4, 0.5) is 0 Å². The zero-order chi connectivity index (χ0) is 9.19. The van der Waals surface area contributed by atoms with Crippen molar-refractivity contribution >= 4 is 11.3 Å². The molecule has 0 aromatic carbocycles. The molecule has 0 amide bonds. The van der Waals surface area contributed by atoms with Crippen LogP contribution in [-0.4, -0.2) is 0 Å². The Morgan fingerprint density at radius 2 is 2.17 bits per heavy atom. The quantitative estimate of drug-likeness (QED) is 0.748. The van der Waals surface area contributed by atoms with Gasteiger partial charge in [0, 0.05) is 6.04 Å². The molecule has 0 aliphatic carbocycles.